The molecule has 3 aliphatic carbocycles. The van der Waals surface area contributed by atoms with Crippen molar-refractivity contribution < 1.29 is 4.42 Å². The van der Waals surface area contributed by atoms with Crippen LogP contribution in [0.15, 0.2) is 168 Å². The molecule has 0 N–H and O–H groups in total. The first-order chi connectivity index (χ1) is 27.2. The van der Waals surface area contributed by atoms with E-state index in [-0.39, 0.29) is 0 Å². The Morgan fingerprint density at radius 2 is 1.27 bits per heavy atom. The zero-order valence-corrected chi connectivity index (χ0v) is 30.0. The number of rotatable bonds is 5. The molecule has 0 spiro atoms. The van der Waals surface area contributed by atoms with Gasteiger partial charge in [0.1, 0.15) is 16.9 Å². The maximum Gasteiger partial charge on any atom is 0.182 e. The largest absolute Gasteiger partial charge is 0.456 e. The van der Waals surface area contributed by atoms with Crippen LogP contribution in [0.2, 0.25) is 0 Å². The number of hydrogen-bond donors (Lipinski definition) is 0. The van der Waals surface area contributed by atoms with E-state index in [9.17, 15) is 0 Å². The summed E-state index contributed by atoms with van der Waals surface area (Å²) in [6.45, 7) is 0. The van der Waals surface area contributed by atoms with Gasteiger partial charge in [0.05, 0.1) is 5.69 Å². The van der Waals surface area contributed by atoms with Gasteiger partial charge < -0.3 is 4.42 Å². The van der Waals surface area contributed by atoms with Crippen molar-refractivity contribution in [1.29, 1.82) is 0 Å². The van der Waals surface area contributed by atoms with Crippen LogP contribution in [0.5, 0.6) is 0 Å². The van der Waals surface area contributed by atoms with Gasteiger partial charge in [0.25, 0.3) is 0 Å². The van der Waals surface area contributed by atoms with Crippen LogP contribution in [-0.2, 0) is 0 Å². The smallest absolute Gasteiger partial charge is 0.182 e. The van der Waals surface area contributed by atoms with Crippen molar-refractivity contribution in [3.63, 3.8) is 0 Å². The van der Waals surface area contributed by atoms with Crippen LogP contribution >= 0.6 is 0 Å². The number of hydrogen-bond acceptors (Lipinski definition) is 5. The Kier molecular flexibility index (Phi) is 7.37. The van der Waals surface area contributed by atoms with E-state index >= 15 is 0 Å². The molecule has 260 valence electrons. The predicted octanol–water partition coefficient (Wildman–Crippen LogP) is 12.5. The summed E-state index contributed by atoms with van der Waals surface area (Å²) in [6, 6.07) is 46.8. The third-order valence-electron chi connectivity index (χ3n) is 11.2. The number of pyridine rings is 1. The highest BCUT2D eigenvalue weighted by Gasteiger charge is 2.31. The van der Waals surface area contributed by atoms with Gasteiger partial charge in [-0.2, -0.15) is 0 Å². The summed E-state index contributed by atoms with van der Waals surface area (Å²) in [5, 5.41) is 2.20. The molecule has 0 saturated heterocycles. The predicted molar refractivity (Wildman–Crippen MR) is 223 cm³/mol. The maximum atomic E-state index is 6.49. The minimum Gasteiger partial charge on any atom is -0.456 e. The van der Waals surface area contributed by atoms with Gasteiger partial charge in [-0.05, 0) is 100 Å². The van der Waals surface area contributed by atoms with Crippen LogP contribution < -0.4 is 0 Å². The molecule has 0 amide bonds. The van der Waals surface area contributed by atoms with E-state index in [2.05, 4.69) is 115 Å². The second-order valence-electron chi connectivity index (χ2n) is 14.5. The van der Waals surface area contributed by atoms with Crippen LogP contribution in [-0.4, -0.2) is 19.9 Å². The lowest BCUT2D eigenvalue weighted by Crippen LogP contribution is -2.13. The highest BCUT2D eigenvalue weighted by atomic mass is 16.3. The fraction of sp³-hybridized carbons (Fsp3) is 0.0800. The Balaban J connectivity index is 0.941. The molecule has 3 aliphatic rings. The van der Waals surface area contributed by atoms with E-state index in [1.807, 2.05) is 48.5 Å². The van der Waals surface area contributed by atoms with Crippen molar-refractivity contribution in [2.75, 3.05) is 0 Å². The SMILES string of the molecule is C1=CCCC(c2nc(-c3ccccc3)nc(-c3cccc(-c4ccc5c(c4)oc4ccc(C6=CC=C7c8ccccc8-c8ccccc8C7C6)cc45)n3)n2)=C1. The van der Waals surface area contributed by atoms with E-state index in [4.69, 9.17) is 24.4 Å². The quantitative estimate of drug-likeness (QED) is 0.178. The molecule has 0 fully saturated rings. The molecule has 11 rings (SSSR count). The average Bonchev–Trinajstić information content (AvgIpc) is 3.64. The third-order valence-corrected chi connectivity index (χ3v) is 11.2. The first kappa shape index (κ1) is 31.5. The molecule has 5 heteroatoms. The lowest BCUT2D eigenvalue weighted by Gasteiger charge is -2.33. The summed E-state index contributed by atoms with van der Waals surface area (Å²) < 4.78 is 6.49. The van der Waals surface area contributed by atoms with E-state index in [0.717, 1.165) is 63.6 Å². The van der Waals surface area contributed by atoms with Crippen molar-refractivity contribution in [3.05, 3.63) is 186 Å². The molecule has 8 aromatic rings. The highest BCUT2D eigenvalue weighted by molar-refractivity contribution is 6.07. The van der Waals surface area contributed by atoms with Crippen molar-refractivity contribution in [3.8, 4) is 45.3 Å². The first-order valence-electron chi connectivity index (χ1n) is 18.9. The van der Waals surface area contributed by atoms with Crippen molar-refractivity contribution in [2.24, 2.45) is 0 Å². The molecule has 5 nitrogen and oxygen atoms in total. The van der Waals surface area contributed by atoms with Gasteiger partial charge in [0.2, 0.25) is 0 Å². The second-order valence-corrected chi connectivity index (χ2v) is 14.5. The Bertz CT molecular complexity index is 2970. The number of nitrogens with zero attached hydrogens (tertiary/aromatic N) is 4. The fourth-order valence-electron chi connectivity index (χ4n) is 8.48. The lowest BCUT2D eigenvalue weighted by atomic mass is 9.70. The molecule has 0 bridgehead atoms. The monoisotopic (exact) mass is 706 g/mol. The summed E-state index contributed by atoms with van der Waals surface area (Å²) in [4.78, 5) is 19.8. The highest BCUT2D eigenvalue weighted by Crippen LogP contribution is 2.51. The average molecular weight is 707 g/mol. The van der Waals surface area contributed by atoms with Crippen molar-refractivity contribution in [2.45, 2.75) is 25.2 Å². The minimum absolute atomic E-state index is 0.323. The van der Waals surface area contributed by atoms with Crippen LogP contribution in [0.1, 0.15) is 47.7 Å². The summed E-state index contributed by atoms with van der Waals surface area (Å²) in [7, 11) is 0. The zero-order valence-electron chi connectivity index (χ0n) is 30.0. The van der Waals surface area contributed by atoms with Crippen LogP contribution in [0.25, 0.3) is 83.9 Å². The van der Waals surface area contributed by atoms with Gasteiger partial charge in [-0.25, -0.2) is 19.9 Å². The Morgan fingerprint density at radius 1 is 0.491 bits per heavy atom. The Hall–Kier alpha value is -6.98. The van der Waals surface area contributed by atoms with Crippen LogP contribution in [0, 0.1) is 0 Å². The zero-order chi connectivity index (χ0) is 36.3. The van der Waals surface area contributed by atoms with Gasteiger partial charge >= 0.3 is 0 Å². The standard InChI is InChI=1S/C50H34N4O/c1-3-12-31(13-4-1)48-52-49(32-14-5-2-6-15-32)54-50(53-48)45-21-11-20-44(51-45)35-23-26-41-43-29-34(24-27-46(43)55-47(41)30-35)33-22-25-40-38-18-8-7-16-36(38)37-17-9-10-19-39(37)42(40)28-33/h1-5,7-14,16-27,29-30,42H,6,15,28H2. The number of furan rings is 1. The number of fused-ring (bicyclic) bond motifs is 9. The first-order valence-corrected chi connectivity index (χ1v) is 18.9. The van der Waals surface area contributed by atoms with Crippen LogP contribution in [0.4, 0.5) is 0 Å². The second kappa shape index (κ2) is 12.9. The molecule has 0 aliphatic heterocycles. The van der Waals surface area contributed by atoms with Gasteiger partial charge in [-0.3, -0.25) is 0 Å². The molecule has 0 saturated carbocycles. The number of benzene rings is 5. The topological polar surface area (TPSA) is 64.7 Å². The summed E-state index contributed by atoms with van der Waals surface area (Å²) >= 11 is 0. The molecular weight excluding hydrogens is 673 g/mol. The fourth-order valence-corrected chi connectivity index (χ4v) is 8.48. The Labute approximate surface area is 318 Å². The molecule has 1 atom stereocenters. The molecule has 55 heavy (non-hydrogen) atoms. The Morgan fingerprint density at radius 3 is 2.16 bits per heavy atom. The van der Waals surface area contributed by atoms with E-state index in [0.29, 0.717) is 29.1 Å². The van der Waals surface area contributed by atoms with Gasteiger partial charge in [-0.15, -0.1) is 0 Å². The number of allylic oxidation sites excluding steroid dienone is 8. The van der Waals surface area contributed by atoms with Gasteiger partial charge in [-0.1, -0.05) is 127 Å². The van der Waals surface area contributed by atoms with E-state index < -0.39 is 0 Å². The summed E-state index contributed by atoms with van der Waals surface area (Å²) in [6.07, 6.45) is 13.8. The van der Waals surface area contributed by atoms with E-state index in [1.165, 1.54) is 39.0 Å². The van der Waals surface area contributed by atoms with Crippen molar-refractivity contribution >= 4 is 38.7 Å². The number of aromatic nitrogens is 4. The molecule has 5 aromatic carbocycles. The third kappa shape index (κ3) is 5.47. The molecule has 0 radical (unpaired) electrons. The van der Waals surface area contributed by atoms with Gasteiger partial charge in [0.15, 0.2) is 17.5 Å². The normalized spacial score (nSPS) is 15.9. The summed E-state index contributed by atoms with van der Waals surface area (Å²) in [5.41, 5.74) is 15.6. The lowest BCUT2D eigenvalue weighted by molar-refractivity contribution is 0.669. The molecular formula is C50H34N4O. The maximum absolute atomic E-state index is 6.49. The minimum atomic E-state index is 0.323. The van der Waals surface area contributed by atoms with E-state index in [1.54, 1.807) is 0 Å². The molecule has 1 unspecified atom stereocenters. The molecule has 3 aromatic heterocycles. The van der Waals surface area contributed by atoms with Crippen LogP contribution in [0.3, 0.4) is 0 Å². The van der Waals surface area contributed by atoms with Crippen molar-refractivity contribution in [1.82, 2.24) is 19.9 Å². The molecule has 3 heterocycles. The van der Waals surface area contributed by atoms with Gasteiger partial charge in [0, 0.05) is 27.8 Å². The summed E-state index contributed by atoms with van der Waals surface area (Å²) in [5.74, 6) is 2.21.